The van der Waals surface area contributed by atoms with Gasteiger partial charge < -0.3 is 51.0 Å². The fraction of sp³-hybridized carbons (Fsp3) is 0.791. The Morgan fingerprint density at radius 2 is 1.61 bits per heavy atom. The fourth-order valence-electron chi connectivity index (χ4n) is 11.0. The third kappa shape index (κ3) is 10.7. The van der Waals surface area contributed by atoms with Crippen molar-refractivity contribution >= 4 is 12.0 Å². The first kappa shape index (κ1) is 43.7. The number of amides is 2. The average molecular weight is 798 g/mol. The number of benzene rings is 1. The van der Waals surface area contributed by atoms with Gasteiger partial charge in [0.05, 0.1) is 37.0 Å². The van der Waals surface area contributed by atoms with Gasteiger partial charge in [-0.15, -0.1) is 0 Å². The molecule has 10 atom stereocenters. The zero-order valence-corrected chi connectivity index (χ0v) is 33.7. The molecule has 5 saturated carbocycles. The summed E-state index contributed by atoms with van der Waals surface area (Å²) in [4.78, 5) is 30.3. The van der Waals surface area contributed by atoms with Crippen LogP contribution in [0.5, 0.6) is 0 Å². The van der Waals surface area contributed by atoms with E-state index in [0.717, 1.165) is 88.2 Å². The van der Waals surface area contributed by atoms with Crippen LogP contribution in [0.1, 0.15) is 108 Å². The molecule has 0 radical (unpaired) electrons. The average Bonchev–Trinajstić information content (AvgIpc) is 3.87. The number of nitriles is 1. The lowest BCUT2D eigenvalue weighted by molar-refractivity contribution is -0.203. The van der Waals surface area contributed by atoms with Crippen molar-refractivity contribution in [2.45, 2.75) is 158 Å². The summed E-state index contributed by atoms with van der Waals surface area (Å²) in [6.45, 7) is 3.31. The summed E-state index contributed by atoms with van der Waals surface area (Å²) in [6.07, 6.45) is 7.20. The summed E-state index contributed by atoms with van der Waals surface area (Å²) in [5.41, 5.74) is 8.01. The van der Waals surface area contributed by atoms with Crippen molar-refractivity contribution in [3.63, 3.8) is 0 Å². The molecule has 6 fully saturated rings. The SMILES string of the molecule is CCCCCCCCN(Cc1ccc(CNC(=O)OCCOC23CC4CC(C2)CC([C@H](N)C(=O)N2[C@H](C#N)C[C@@H]5C[C@@H]52)(C4)C3)cc1)C[C@H](O)[C@@H](O)[C@H](O)[C@H](O)CO. The molecule has 2 amide bonds. The second-order valence-corrected chi connectivity index (χ2v) is 18.1. The van der Waals surface area contributed by atoms with Crippen molar-refractivity contribution in [1.82, 2.24) is 15.1 Å². The maximum Gasteiger partial charge on any atom is 0.407 e. The number of piperidine rings is 1. The maximum absolute atomic E-state index is 13.8. The Balaban J connectivity index is 0.939. The summed E-state index contributed by atoms with van der Waals surface area (Å²) in [5.74, 6) is 1.29. The highest BCUT2D eigenvalue weighted by Crippen LogP contribution is 2.64. The number of nitrogens with zero attached hydrogens (tertiary/aromatic N) is 3. The number of likely N-dealkylation sites (tertiary alicyclic amines) is 1. The molecule has 0 aromatic heterocycles. The first-order chi connectivity index (χ1) is 27.4. The van der Waals surface area contributed by atoms with Crippen LogP contribution < -0.4 is 11.1 Å². The number of aliphatic hydroxyl groups excluding tert-OH is 5. The van der Waals surface area contributed by atoms with Crippen LogP contribution >= 0.6 is 0 Å². The number of unbranched alkanes of at least 4 members (excludes halogenated alkanes) is 5. The van der Waals surface area contributed by atoms with E-state index < -0.39 is 43.2 Å². The van der Waals surface area contributed by atoms with Crippen LogP contribution in [-0.2, 0) is 27.4 Å². The predicted octanol–water partition coefficient (Wildman–Crippen LogP) is 2.71. The number of hydrogen-bond donors (Lipinski definition) is 7. The largest absolute Gasteiger partial charge is 0.447 e. The number of rotatable bonds is 23. The number of carbonyl (C=O) groups excluding carboxylic acids is 2. The van der Waals surface area contributed by atoms with Gasteiger partial charge in [0.1, 0.15) is 31.0 Å². The molecule has 5 aliphatic carbocycles. The van der Waals surface area contributed by atoms with E-state index in [2.05, 4.69) is 18.3 Å². The molecule has 2 unspecified atom stereocenters. The molecule has 4 bridgehead atoms. The van der Waals surface area contributed by atoms with Crippen LogP contribution in [0.25, 0.3) is 0 Å². The van der Waals surface area contributed by atoms with Crippen molar-refractivity contribution in [2.75, 3.05) is 32.9 Å². The molecule has 0 spiro atoms. The summed E-state index contributed by atoms with van der Waals surface area (Å²) in [7, 11) is 0. The smallest absolute Gasteiger partial charge is 0.407 e. The van der Waals surface area contributed by atoms with Gasteiger partial charge in [-0.25, -0.2) is 4.79 Å². The Bertz CT molecular complexity index is 1510. The lowest BCUT2D eigenvalue weighted by Gasteiger charge is -2.63. The van der Waals surface area contributed by atoms with Crippen molar-refractivity contribution in [3.05, 3.63) is 35.4 Å². The molecule has 1 saturated heterocycles. The van der Waals surface area contributed by atoms with Crippen molar-refractivity contribution in [1.29, 1.82) is 5.26 Å². The third-order valence-corrected chi connectivity index (χ3v) is 13.7. The van der Waals surface area contributed by atoms with E-state index in [4.69, 9.17) is 20.3 Å². The van der Waals surface area contributed by atoms with E-state index in [1.54, 1.807) is 4.90 Å². The number of nitrogens with two attached hydrogens (primary N) is 1. The second-order valence-electron chi connectivity index (χ2n) is 18.1. The monoisotopic (exact) mass is 797 g/mol. The van der Waals surface area contributed by atoms with E-state index >= 15 is 0 Å². The van der Waals surface area contributed by atoms with Gasteiger partial charge in [0.2, 0.25) is 5.91 Å². The number of hydrogen-bond acceptors (Lipinski definition) is 12. The molecular formula is C43H67N5O9. The minimum absolute atomic E-state index is 0.0608. The second kappa shape index (κ2) is 19.5. The Morgan fingerprint density at radius 1 is 0.947 bits per heavy atom. The minimum atomic E-state index is -1.67. The standard InChI is InChI=1S/C43H67N5O9/c1-2-3-4-5-6-7-12-47(25-35(50)37(52)38(53)36(51)26-49)24-29-10-8-28(9-11-29)23-46-41(55)56-13-14-57-43-20-30-15-31(21-43)19-42(18-30,27-43)39(45)40(54)48-33(22-44)16-32-17-34(32)48/h8-11,30-39,49-53H,2-7,12-21,23-27,45H2,1H3,(H,46,55)/t30?,31?,32-,33+,34+,35+,36-,37-,38-,39-,42?,43?/m1/s1. The highest BCUT2D eigenvalue weighted by molar-refractivity contribution is 5.84. The number of carbonyl (C=O) groups is 2. The molecule has 8 N–H and O–H groups in total. The lowest BCUT2D eigenvalue weighted by Crippen LogP contribution is -2.65. The van der Waals surface area contributed by atoms with Crippen LogP contribution in [0.3, 0.4) is 0 Å². The third-order valence-electron chi connectivity index (χ3n) is 13.7. The fourth-order valence-corrected chi connectivity index (χ4v) is 11.0. The Labute approximate surface area is 337 Å². The quantitative estimate of drug-likeness (QED) is 0.0795. The highest BCUT2D eigenvalue weighted by atomic mass is 16.6. The molecule has 57 heavy (non-hydrogen) atoms. The van der Waals surface area contributed by atoms with Crippen LogP contribution in [0, 0.1) is 34.5 Å². The van der Waals surface area contributed by atoms with Crippen LogP contribution in [-0.4, -0.2) is 128 Å². The van der Waals surface area contributed by atoms with E-state index in [1.165, 1.54) is 12.8 Å². The molecule has 1 aliphatic heterocycles. The first-order valence-electron chi connectivity index (χ1n) is 21.5. The zero-order valence-electron chi connectivity index (χ0n) is 33.7. The number of nitrogens with one attached hydrogen (secondary N) is 1. The van der Waals surface area contributed by atoms with Gasteiger partial charge in [-0.05, 0) is 98.6 Å². The summed E-state index contributed by atoms with van der Waals surface area (Å²) in [5, 5.41) is 62.6. The number of aliphatic hydroxyl groups is 5. The molecular weight excluding hydrogens is 730 g/mol. The lowest BCUT2D eigenvalue weighted by atomic mass is 9.46. The predicted molar refractivity (Wildman–Crippen MR) is 211 cm³/mol. The molecule has 7 rings (SSSR count). The van der Waals surface area contributed by atoms with E-state index in [1.807, 2.05) is 29.2 Å². The molecule has 6 aliphatic rings. The van der Waals surface area contributed by atoms with Gasteiger partial charge in [-0.2, -0.15) is 5.26 Å². The maximum atomic E-state index is 13.8. The summed E-state index contributed by atoms with van der Waals surface area (Å²) in [6, 6.07) is 9.24. The molecule has 1 aromatic carbocycles. The van der Waals surface area contributed by atoms with Gasteiger partial charge in [-0.1, -0.05) is 63.3 Å². The Morgan fingerprint density at radius 3 is 2.30 bits per heavy atom. The van der Waals surface area contributed by atoms with Crippen LogP contribution in [0.15, 0.2) is 24.3 Å². The molecule has 1 heterocycles. The van der Waals surface area contributed by atoms with Crippen molar-refractivity contribution in [2.24, 2.45) is 28.9 Å². The molecule has 1 aromatic rings. The van der Waals surface area contributed by atoms with Gasteiger partial charge in [0.25, 0.3) is 0 Å². The van der Waals surface area contributed by atoms with Gasteiger partial charge in [0.15, 0.2) is 0 Å². The van der Waals surface area contributed by atoms with E-state index in [0.29, 0.717) is 30.8 Å². The Kier molecular flexibility index (Phi) is 14.9. The molecule has 318 valence electrons. The normalized spacial score (nSPS) is 31.0. The van der Waals surface area contributed by atoms with Crippen LogP contribution in [0.4, 0.5) is 4.79 Å². The highest BCUT2D eigenvalue weighted by Gasteiger charge is 2.63. The first-order valence-corrected chi connectivity index (χ1v) is 21.5. The van der Waals surface area contributed by atoms with E-state index in [-0.39, 0.29) is 55.3 Å². The number of fused-ring (bicyclic) bond motifs is 1. The zero-order chi connectivity index (χ0) is 40.7. The van der Waals surface area contributed by atoms with Crippen molar-refractivity contribution < 1.29 is 44.6 Å². The van der Waals surface area contributed by atoms with Gasteiger partial charge in [-0.3, -0.25) is 9.69 Å². The summed E-state index contributed by atoms with van der Waals surface area (Å²) < 4.78 is 12.1. The minimum Gasteiger partial charge on any atom is -0.447 e. The Hall–Kier alpha value is -2.87. The van der Waals surface area contributed by atoms with E-state index in [9.17, 15) is 35.3 Å². The van der Waals surface area contributed by atoms with Crippen molar-refractivity contribution in [3.8, 4) is 6.07 Å². The number of ether oxygens (including phenoxy) is 2. The molecule has 14 heteroatoms. The summed E-state index contributed by atoms with van der Waals surface area (Å²) >= 11 is 0. The molecule has 14 nitrogen and oxygen atoms in total. The number of alkyl carbamates (subject to hydrolysis) is 1. The van der Waals surface area contributed by atoms with Crippen LogP contribution in [0.2, 0.25) is 0 Å². The van der Waals surface area contributed by atoms with Gasteiger partial charge in [0, 0.05) is 25.7 Å². The topological polar surface area (TPSA) is 222 Å². The van der Waals surface area contributed by atoms with Gasteiger partial charge >= 0.3 is 6.09 Å².